The maximum atomic E-state index is 12.6. The summed E-state index contributed by atoms with van der Waals surface area (Å²) in [6.45, 7) is 7.63. The first-order valence-corrected chi connectivity index (χ1v) is 12.7. The number of aliphatic hydroxyl groups excluding tert-OH is 1. The van der Waals surface area contributed by atoms with Crippen LogP contribution in [0.2, 0.25) is 0 Å². The zero-order chi connectivity index (χ0) is 27.5. The van der Waals surface area contributed by atoms with Crippen molar-refractivity contribution in [2.75, 3.05) is 33.3 Å². The second-order valence-electron chi connectivity index (χ2n) is 9.56. The molecule has 0 saturated carbocycles. The minimum Gasteiger partial charge on any atom is -0.445 e. The number of alkyl carbamates (subject to hydrolysis) is 2. The molecule has 0 bridgehead atoms. The Morgan fingerprint density at radius 2 is 1.54 bits per heavy atom. The van der Waals surface area contributed by atoms with Crippen LogP contribution in [0.1, 0.15) is 58.4 Å². The van der Waals surface area contributed by atoms with Crippen molar-refractivity contribution in [2.45, 2.75) is 77.4 Å². The van der Waals surface area contributed by atoms with E-state index in [2.05, 4.69) is 21.3 Å². The fourth-order valence-electron chi connectivity index (χ4n) is 3.18. The fraction of sp³-hybridized carbons (Fsp3) is 0.654. The van der Waals surface area contributed by atoms with Gasteiger partial charge in [0, 0.05) is 20.2 Å². The number of amides is 3. The second kappa shape index (κ2) is 18.4. The third-order valence-electron chi connectivity index (χ3n) is 5.07. The number of aliphatic hydroxyl groups is 1. The molecule has 210 valence electrons. The van der Waals surface area contributed by atoms with Gasteiger partial charge in [-0.15, -0.1) is 0 Å². The topological polar surface area (TPSA) is 147 Å². The van der Waals surface area contributed by atoms with Crippen LogP contribution in [0.4, 0.5) is 9.59 Å². The van der Waals surface area contributed by atoms with Crippen molar-refractivity contribution in [1.82, 2.24) is 21.3 Å². The van der Waals surface area contributed by atoms with Crippen molar-refractivity contribution in [3.8, 4) is 0 Å². The summed E-state index contributed by atoms with van der Waals surface area (Å²) in [7, 11) is 1.41. The highest BCUT2D eigenvalue weighted by atomic mass is 16.6. The van der Waals surface area contributed by atoms with E-state index in [0.29, 0.717) is 58.3 Å². The van der Waals surface area contributed by atoms with E-state index >= 15 is 0 Å². The van der Waals surface area contributed by atoms with Crippen LogP contribution >= 0.6 is 0 Å². The predicted octanol–water partition coefficient (Wildman–Crippen LogP) is 2.43. The molecule has 5 N–H and O–H groups in total. The van der Waals surface area contributed by atoms with Gasteiger partial charge in [-0.2, -0.15) is 0 Å². The maximum absolute atomic E-state index is 12.6. The summed E-state index contributed by atoms with van der Waals surface area (Å²) in [4.78, 5) is 36.6. The molecule has 11 heteroatoms. The van der Waals surface area contributed by atoms with E-state index in [9.17, 15) is 19.5 Å². The SMILES string of the molecule is COC(O)CCCNC(=O)C(CCCNCCCNC(=O)OCc1ccccc1)NC(=O)OC(C)(C)C. The Morgan fingerprint density at radius 1 is 0.892 bits per heavy atom. The van der Waals surface area contributed by atoms with E-state index in [4.69, 9.17) is 14.2 Å². The maximum Gasteiger partial charge on any atom is 0.408 e. The van der Waals surface area contributed by atoms with Crippen molar-refractivity contribution in [3.05, 3.63) is 35.9 Å². The van der Waals surface area contributed by atoms with Gasteiger partial charge in [-0.1, -0.05) is 30.3 Å². The van der Waals surface area contributed by atoms with Crippen LogP contribution in [0.15, 0.2) is 30.3 Å². The van der Waals surface area contributed by atoms with E-state index in [1.165, 1.54) is 7.11 Å². The normalized spacial score (nSPS) is 12.8. The lowest BCUT2D eigenvalue weighted by Gasteiger charge is -2.23. The van der Waals surface area contributed by atoms with Crippen molar-refractivity contribution < 1.29 is 33.7 Å². The van der Waals surface area contributed by atoms with Gasteiger partial charge in [0.1, 0.15) is 18.2 Å². The summed E-state index contributed by atoms with van der Waals surface area (Å²) < 4.78 is 15.2. The monoisotopic (exact) mass is 524 g/mol. The number of hydrogen-bond acceptors (Lipinski definition) is 8. The zero-order valence-electron chi connectivity index (χ0n) is 22.5. The minimum atomic E-state index is -0.867. The molecule has 11 nitrogen and oxygen atoms in total. The third-order valence-corrected chi connectivity index (χ3v) is 5.07. The van der Waals surface area contributed by atoms with Gasteiger partial charge in [0.2, 0.25) is 5.91 Å². The predicted molar refractivity (Wildman–Crippen MR) is 140 cm³/mol. The summed E-state index contributed by atoms with van der Waals surface area (Å²) in [6, 6.07) is 8.72. The standard InChI is InChI=1S/C26H44N4O7/c1-26(2,3)37-25(34)30-21(23(32)28-17-9-14-22(31)35-4)13-8-15-27-16-10-18-29-24(33)36-19-20-11-6-5-7-12-20/h5-7,11-12,21-22,27,31H,8-10,13-19H2,1-4H3,(H,28,32)(H,29,33)(H,30,34). The summed E-state index contributed by atoms with van der Waals surface area (Å²) in [5.41, 5.74) is 0.252. The number of methoxy groups -OCH3 is 1. The van der Waals surface area contributed by atoms with Crippen molar-refractivity contribution in [2.24, 2.45) is 0 Å². The first-order chi connectivity index (χ1) is 17.6. The molecular formula is C26H44N4O7. The molecule has 0 aliphatic heterocycles. The van der Waals surface area contributed by atoms with E-state index < -0.39 is 30.1 Å². The van der Waals surface area contributed by atoms with Crippen LogP contribution in [-0.4, -0.2) is 74.4 Å². The molecule has 0 heterocycles. The van der Waals surface area contributed by atoms with Crippen LogP contribution in [0, 0.1) is 0 Å². The quantitative estimate of drug-likeness (QED) is 0.154. The summed E-state index contributed by atoms with van der Waals surface area (Å²) >= 11 is 0. The molecule has 2 atom stereocenters. The van der Waals surface area contributed by atoms with Gasteiger partial charge in [0.15, 0.2) is 6.29 Å². The second-order valence-corrected chi connectivity index (χ2v) is 9.56. The molecule has 2 unspecified atom stereocenters. The van der Waals surface area contributed by atoms with Crippen LogP contribution in [0.5, 0.6) is 0 Å². The number of nitrogens with one attached hydrogen (secondary N) is 4. The molecule has 1 aromatic carbocycles. The number of hydrogen-bond donors (Lipinski definition) is 5. The van der Waals surface area contributed by atoms with E-state index in [0.717, 1.165) is 5.56 Å². The third kappa shape index (κ3) is 17.2. The molecule has 0 aliphatic rings. The largest absolute Gasteiger partial charge is 0.445 e. The number of benzene rings is 1. The van der Waals surface area contributed by atoms with Crippen molar-refractivity contribution >= 4 is 18.1 Å². The molecule has 1 rings (SSSR count). The zero-order valence-corrected chi connectivity index (χ0v) is 22.5. The lowest BCUT2D eigenvalue weighted by Crippen LogP contribution is -2.48. The lowest BCUT2D eigenvalue weighted by atomic mass is 10.1. The van der Waals surface area contributed by atoms with Crippen molar-refractivity contribution in [3.63, 3.8) is 0 Å². The van der Waals surface area contributed by atoms with E-state index in [1.807, 2.05) is 30.3 Å². The number of carbonyl (C=O) groups is 3. The number of carbonyl (C=O) groups excluding carboxylic acids is 3. The Hall–Kier alpha value is -2.89. The van der Waals surface area contributed by atoms with Gasteiger partial charge in [0.25, 0.3) is 0 Å². The first kappa shape index (κ1) is 32.1. The highest BCUT2D eigenvalue weighted by Crippen LogP contribution is 2.08. The summed E-state index contributed by atoms with van der Waals surface area (Å²) in [5, 5.41) is 20.8. The molecule has 0 aromatic heterocycles. The molecule has 0 fully saturated rings. The van der Waals surface area contributed by atoms with Gasteiger partial charge >= 0.3 is 12.2 Å². The summed E-state index contributed by atoms with van der Waals surface area (Å²) in [6.07, 6.45) is 0.733. The molecular weight excluding hydrogens is 480 g/mol. The molecule has 1 aromatic rings. The Bertz CT molecular complexity index is 787. The first-order valence-electron chi connectivity index (χ1n) is 12.7. The highest BCUT2D eigenvalue weighted by Gasteiger charge is 2.24. The van der Waals surface area contributed by atoms with Crippen LogP contribution in [0.3, 0.4) is 0 Å². The van der Waals surface area contributed by atoms with Crippen LogP contribution in [0.25, 0.3) is 0 Å². The van der Waals surface area contributed by atoms with Crippen molar-refractivity contribution in [1.29, 1.82) is 0 Å². The number of rotatable bonds is 17. The molecule has 0 spiro atoms. The van der Waals surface area contributed by atoms with Gasteiger partial charge < -0.3 is 40.6 Å². The van der Waals surface area contributed by atoms with Gasteiger partial charge in [-0.05, 0) is 71.5 Å². The van der Waals surface area contributed by atoms with Gasteiger partial charge in [-0.25, -0.2) is 9.59 Å². The average molecular weight is 525 g/mol. The Balaban J connectivity index is 2.27. The Morgan fingerprint density at radius 3 is 2.22 bits per heavy atom. The Labute approximate surface area is 220 Å². The highest BCUT2D eigenvalue weighted by molar-refractivity contribution is 5.85. The molecule has 0 radical (unpaired) electrons. The smallest absolute Gasteiger partial charge is 0.408 e. The molecule has 37 heavy (non-hydrogen) atoms. The van der Waals surface area contributed by atoms with Gasteiger partial charge in [-0.3, -0.25) is 4.79 Å². The summed E-state index contributed by atoms with van der Waals surface area (Å²) in [5.74, 6) is -0.309. The molecule has 0 aliphatic carbocycles. The van der Waals surface area contributed by atoms with E-state index in [-0.39, 0.29) is 12.5 Å². The molecule has 0 saturated heterocycles. The Kier molecular flexibility index (Phi) is 16.0. The van der Waals surface area contributed by atoms with E-state index in [1.54, 1.807) is 20.8 Å². The fourth-order valence-corrected chi connectivity index (χ4v) is 3.18. The number of ether oxygens (including phenoxy) is 3. The lowest BCUT2D eigenvalue weighted by molar-refractivity contribution is -0.123. The minimum absolute atomic E-state index is 0.228. The average Bonchev–Trinajstić information content (AvgIpc) is 2.85. The molecule has 3 amide bonds. The van der Waals surface area contributed by atoms with Crippen LogP contribution < -0.4 is 21.3 Å². The van der Waals surface area contributed by atoms with Crippen LogP contribution in [-0.2, 0) is 25.6 Å². The van der Waals surface area contributed by atoms with Gasteiger partial charge in [0.05, 0.1) is 0 Å².